The zero-order valence-corrected chi connectivity index (χ0v) is 18.1. The van der Waals surface area contributed by atoms with E-state index in [0.717, 1.165) is 23.0 Å². The monoisotopic (exact) mass is 435 g/mol. The lowest BCUT2D eigenvalue weighted by molar-refractivity contribution is 0.0521. The van der Waals surface area contributed by atoms with Crippen LogP contribution in [0.25, 0.3) is 10.9 Å². The highest BCUT2D eigenvalue weighted by molar-refractivity contribution is 6.05. The van der Waals surface area contributed by atoms with Gasteiger partial charge in [-0.2, -0.15) is 0 Å². The number of aromatic nitrogens is 2. The molecule has 32 heavy (non-hydrogen) atoms. The molecule has 3 aromatic rings. The minimum absolute atomic E-state index is 0.0547. The van der Waals surface area contributed by atoms with Crippen molar-refractivity contribution in [3.8, 4) is 5.75 Å². The molecule has 1 saturated heterocycles. The number of methoxy groups -OCH3 is 1. The molecule has 2 atom stereocenters. The first kappa shape index (κ1) is 20.3. The normalized spacial score (nSPS) is 19.9. The van der Waals surface area contributed by atoms with Crippen LogP contribution >= 0.6 is 0 Å². The molecule has 0 spiro atoms. The van der Waals surface area contributed by atoms with Crippen LogP contribution in [0.5, 0.6) is 5.75 Å². The van der Waals surface area contributed by atoms with E-state index in [4.69, 9.17) is 9.47 Å². The van der Waals surface area contributed by atoms with Gasteiger partial charge in [0, 0.05) is 48.2 Å². The van der Waals surface area contributed by atoms with Crippen molar-refractivity contribution in [3.63, 3.8) is 0 Å². The lowest BCUT2D eigenvalue weighted by atomic mass is 9.84. The molecule has 5 rings (SSSR count). The minimum atomic E-state index is -0.472. The minimum Gasteiger partial charge on any atom is -0.497 e. The number of pyridine rings is 1. The van der Waals surface area contributed by atoms with Gasteiger partial charge in [-0.1, -0.05) is 11.3 Å². The molecule has 1 aromatic carbocycles. The Kier molecular flexibility index (Phi) is 5.16. The summed E-state index contributed by atoms with van der Waals surface area (Å²) in [6.45, 7) is 4.10. The molecular weight excluding hydrogens is 410 g/mol. The van der Waals surface area contributed by atoms with E-state index >= 15 is 0 Å². The Morgan fingerprint density at radius 1 is 1.22 bits per heavy atom. The molecule has 2 aliphatic rings. The van der Waals surface area contributed by atoms with Gasteiger partial charge in [0.05, 0.1) is 13.7 Å². The standard InChI is InChI=1S/C23H25N5O4/c1-3-32-23(30)22-21(17-10-16(31-2)7-8-18(17)24-22)25-26-27-11-14-9-15(13-27)19-5-4-6-20(29)28(19)12-14/h4-8,10,14-15,24H,3,9,11-13H2,1-2H3/t14-,15-/m0/s1. The van der Waals surface area contributed by atoms with E-state index in [1.165, 1.54) is 0 Å². The molecule has 0 radical (unpaired) electrons. The van der Waals surface area contributed by atoms with Gasteiger partial charge in [-0.15, -0.1) is 5.11 Å². The van der Waals surface area contributed by atoms with E-state index in [1.807, 2.05) is 39.9 Å². The molecule has 1 fully saturated rings. The average Bonchev–Trinajstić information content (AvgIpc) is 3.16. The fourth-order valence-electron chi connectivity index (χ4n) is 4.79. The number of rotatable bonds is 5. The summed E-state index contributed by atoms with van der Waals surface area (Å²) in [6, 6.07) is 10.9. The molecule has 2 bridgehead atoms. The molecule has 9 nitrogen and oxygen atoms in total. The number of nitrogens with zero attached hydrogens (tertiary/aromatic N) is 4. The summed E-state index contributed by atoms with van der Waals surface area (Å²) in [5.74, 6) is 0.745. The number of carbonyl (C=O) groups is 1. The molecule has 0 amide bonds. The SMILES string of the molecule is CCOC(=O)c1[nH]c2ccc(OC)cc2c1N=NN1C[C@@H]2C[C@@H](C1)c1cccc(=O)n1C2. The van der Waals surface area contributed by atoms with Gasteiger partial charge in [0.25, 0.3) is 5.56 Å². The van der Waals surface area contributed by atoms with Crippen molar-refractivity contribution in [1.29, 1.82) is 0 Å². The Balaban J connectivity index is 1.48. The summed E-state index contributed by atoms with van der Waals surface area (Å²) in [5.41, 5.74) is 2.57. The van der Waals surface area contributed by atoms with Crippen molar-refractivity contribution in [3.05, 3.63) is 58.1 Å². The number of aromatic amines is 1. The first-order valence-corrected chi connectivity index (χ1v) is 10.8. The fourth-order valence-corrected chi connectivity index (χ4v) is 4.79. The van der Waals surface area contributed by atoms with Crippen molar-refractivity contribution in [2.75, 3.05) is 26.8 Å². The van der Waals surface area contributed by atoms with Gasteiger partial charge in [0.1, 0.15) is 11.4 Å². The third-order valence-electron chi connectivity index (χ3n) is 6.19. The Hall–Kier alpha value is -3.62. The summed E-state index contributed by atoms with van der Waals surface area (Å²) in [5, 5.41) is 11.7. The second-order valence-electron chi connectivity index (χ2n) is 8.24. The van der Waals surface area contributed by atoms with Gasteiger partial charge in [0.15, 0.2) is 5.69 Å². The highest BCUT2D eigenvalue weighted by Gasteiger charge is 2.34. The number of ether oxygens (including phenoxy) is 2. The summed E-state index contributed by atoms with van der Waals surface area (Å²) in [6.07, 6.45) is 1.04. The van der Waals surface area contributed by atoms with Crippen molar-refractivity contribution >= 4 is 22.6 Å². The number of piperidine rings is 1. The summed E-state index contributed by atoms with van der Waals surface area (Å²) in [4.78, 5) is 27.9. The zero-order chi connectivity index (χ0) is 22.2. The van der Waals surface area contributed by atoms with Crippen LogP contribution in [-0.4, -0.2) is 47.3 Å². The molecule has 2 aromatic heterocycles. The van der Waals surface area contributed by atoms with Gasteiger partial charge in [-0.3, -0.25) is 9.80 Å². The predicted molar refractivity (Wildman–Crippen MR) is 118 cm³/mol. The van der Waals surface area contributed by atoms with Crippen molar-refractivity contribution < 1.29 is 14.3 Å². The number of esters is 1. The van der Waals surface area contributed by atoms with Crippen molar-refractivity contribution in [2.45, 2.75) is 25.8 Å². The first-order chi connectivity index (χ1) is 15.6. The van der Waals surface area contributed by atoms with Crippen LogP contribution in [0, 0.1) is 5.92 Å². The average molecular weight is 435 g/mol. The van der Waals surface area contributed by atoms with Gasteiger partial charge >= 0.3 is 5.97 Å². The Bertz CT molecular complexity index is 1260. The lowest BCUT2D eigenvalue weighted by Gasteiger charge is -2.40. The molecule has 166 valence electrons. The Morgan fingerprint density at radius 3 is 2.91 bits per heavy atom. The van der Waals surface area contributed by atoms with E-state index in [1.54, 1.807) is 20.1 Å². The Morgan fingerprint density at radius 2 is 2.09 bits per heavy atom. The maximum Gasteiger partial charge on any atom is 0.357 e. The second kappa shape index (κ2) is 8.14. The summed E-state index contributed by atoms with van der Waals surface area (Å²) < 4.78 is 12.4. The van der Waals surface area contributed by atoms with E-state index in [2.05, 4.69) is 15.3 Å². The first-order valence-electron chi connectivity index (χ1n) is 10.8. The van der Waals surface area contributed by atoms with E-state index in [0.29, 0.717) is 37.0 Å². The van der Waals surface area contributed by atoms with Gasteiger partial charge < -0.3 is 19.0 Å². The van der Waals surface area contributed by atoms with E-state index < -0.39 is 5.97 Å². The molecule has 0 saturated carbocycles. The molecule has 1 N–H and O–H groups in total. The number of fused-ring (bicyclic) bond motifs is 5. The molecule has 0 unspecified atom stereocenters. The van der Waals surface area contributed by atoms with Crippen LogP contribution in [-0.2, 0) is 11.3 Å². The number of hydrogen-bond donors (Lipinski definition) is 1. The fraction of sp³-hybridized carbons (Fsp3) is 0.391. The largest absolute Gasteiger partial charge is 0.497 e. The lowest BCUT2D eigenvalue weighted by Crippen LogP contribution is -2.45. The maximum atomic E-state index is 12.5. The van der Waals surface area contributed by atoms with Crippen molar-refractivity contribution in [2.24, 2.45) is 16.3 Å². The second-order valence-corrected chi connectivity index (χ2v) is 8.24. The van der Waals surface area contributed by atoms with E-state index in [9.17, 15) is 9.59 Å². The molecule has 9 heteroatoms. The number of H-pyrrole nitrogens is 1. The summed E-state index contributed by atoms with van der Waals surface area (Å²) in [7, 11) is 1.59. The topological polar surface area (TPSA) is 101 Å². The van der Waals surface area contributed by atoms with Crippen LogP contribution in [0.15, 0.2) is 51.5 Å². The van der Waals surface area contributed by atoms with Crippen LogP contribution in [0.2, 0.25) is 0 Å². The molecular formula is C23H25N5O4. The smallest absolute Gasteiger partial charge is 0.357 e. The third kappa shape index (κ3) is 3.53. The molecule has 4 heterocycles. The highest BCUT2D eigenvalue weighted by Crippen LogP contribution is 2.37. The van der Waals surface area contributed by atoms with Crippen LogP contribution in [0.3, 0.4) is 0 Å². The van der Waals surface area contributed by atoms with Gasteiger partial charge in [-0.05, 0) is 43.5 Å². The van der Waals surface area contributed by atoms with Crippen molar-refractivity contribution in [1.82, 2.24) is 14.6 Å². The molecule has 2 aliphatic heterocycles. The van der Waals surface area contributed by atoms with Crippen LogP contribution in [0.4, 0.5) is 5.69 Å². The Labute approximate surface area is 184 Å². The van der Waals surface area contributed by atoms with Gasteiger partial charge in [-0.25, -0.2) is 4.79 Å². The zero-order valence-electron chi connectivity index (χ0n) is 18.1. The summed E-state index contributed by atoms with van der Waals surface area (Å²) >= 11 is 0. The van der Waals surface area contributed by atoms with E-state index in [-0.39, 0.29) is 23.8 Å². The quantitative estimate of drug-likeness (QED) is 0.487. The molecule has 0 aliphatic carbocycles. The van der Waals surface area contributed by atoms with Gasteiger partial charge in [0.2, 0.25) is 0 Å². The maximum absolute atomic E-state index is 12.5. The van der Waals surface area contributed by atoms with Crippen LogP contribution in [0.1, 0.15) is 35.4 Å². The number of nitrogens with one attached hydrogen (secondary N) is 1. The predicted octanol–water partition coefficient (Wildman–Crippen LogP) is 3.63. The van der Waals surface area contributed by atoms with Crippen LogP contribution < -0.4 is 10.3 Å². The number of carbonyl (C=O) groups excluding carboxylic acids is 1. The number of benzene rings is 1. The number of hydrogen-bond acceptors (Lipinski definition) is 6. The highest BCUT2D eigenvalue weighted by atomic mass is 16.5. The third-order valence-corrected chi connectivity index (χ3v) is 6.19.